The number of benzene rings is 1. The van der Waals surface area contributed by atoms with Crippen molar-refractivity contribution in [2.75, 3.05) is 13.1 Å². The van der Waals surface area contributed by atoms with E-state index in [0.29, 0.717) is 19.5 Å². The average molecular weight is 283 g/mol. The van der Waals surface area contributed by atoms with Crippen molar-refractivity contribution >= 4 is 0 Å². The molecule has 7 heteroatoms. The lowest BCUT2D eigenvalue weighted by molar-refractivity contribution is -0.143. The van der Waals surface area contributed by atoms with Crippen LogP contribution in [0.4, 0.5) is 26.3 Å². The lowest BCUT2D eigenvalue weighted by Crippen LogP contribution is -2.14. The van der Waals surface area contributed by atoms with Gasteiger partial charge < -0.3 is 5.32 Å². The number of nitrogens with one attached hydrogen (secondary N) is 1. The first-order valence-electron chi connectivity index (χ1n) is 5.68. The minimum absolute atomic E-state index is 0.0900. The van der Waals surface area contributed by atoms with Crippen molar-refractivity contribution in [1.29, 1.82) is 0 Å². The molecule has 1 fully saturated rings. The molecule has 19 heavy (non-hydrogen) atoms. The summed E-state index contributed by atoms with van der Waals surface area (Å²) in [6.07, 6.45) is -9.01. The fourth-order valence-electron chi connectivity index (χ4n) is 2.15. The van der Waals surface area contributed by atoms with Crippen molar-refractivity contribution in [3.63, 3.8) is 0 Å². The Bertz CT molecular complexity index is 424. The monoisotopic (exact) mass is 283 g/mol. The second-order valence-electron chi connectivity index (χ2n) is 4.53. The Labute approximate surface area is 105 Å². The van der Waals surface area contributed by atoms with E-state index in [1.54, 1.807) is 0 Å². The van der Waals surface area contributed by atoms with E-state index in [9.17, 15) is 26.3 Å². The highest BCUT2D eigenvalue weighted by Gasteiger charge is 2.37. The maximum absolute atomic E-state index is 12.6. The molecular weight excluding hydrogens is 272 g/mol. The molecule has 1 nitrogen and oxygen atoms in total. The van der Waals surface area contributed by atoms with Crippen LogP contribution in [0.2, 0.25) is 0 Å². The number of hydrogen-bond donors (Lipinski definition) is 1. The molecule has 1 aromatic carbocycles. The van der Waals surface area contributed by atoms with E-state index in [4.69, 9.17) is 0 Å². The zero-order chi connectivity index (χ0) is 14.3. The topological polar surface area (TPSA) is 12.0 Å². The predicted octanol–water partition coefficient (Wildman–Crippen LogP) is 3.80. The van der Waals surface area contributed by atoms with Crippen LogP contribution in [-0.4, -0.2) is 13.1 Å². The smallest absolute Gasteiger partial charge is 0.316 e. The molecule has 2 rings (SSSR count). The quantitative estimate of drug-likeness (QED) is 0.773. The summed E-state index contributed by atoms with van der Waals surface area (Å²) in [4.78, 5) is 0. The van der Waals surface area contributed by atoms with Crippen LogP contribution >= 0.6 is 0 Å². The van der Waals surface area contributed by atoms with Crippen LogP contribution in [0.3, 0.4) is 0 Å². The fourth-order valence-corrected chi connectivity index (χ4v) is 2.15. The summed E-state index contributed by atoms with van der Waals surface area (Å²) in [5, 5.41) is 2.92. The van der Waals surface area contributed by atoms with E-state index in [2.05, 4.69) is 5.32 Å². The molecule has 0 aromatic heterocycles. The van der Waals surface area contributed by atoms with Gasteiger partial charge in [0.25, 0.3) is 0 Å². The molecule has 1 aliphatic heterocycles. The highest BCUT2D eigenvalue weighted by atomic mass is 19.4. The lowest BCUT2D eigenvalue weighted by atomic mass is 9.94. The van der Waals surface area contributed by atoms with Crippen molar-refractivity contribution in [2.45, 2.75) is 24.7 Å². The van der Waals surface area contributed by atoms with Crippen molar-refractivity contribution in [3.05, 3.63) is 34.9 Å². The molecule has 106 valence electrons. The molecule has 0 saturated carbocycles. The minimum atomic E-state index is -4.78. The van der Waals surface area contributed by atoms with E-state index >= 15 is 0 Å². The number of alkyl halides is 6. The average Bonchev–Trinajstić information content (AvgIpc) is 2.79. The maximum atomic E-state index is 12.6. The second kappa shape index (κ2) is 4.70. The standard InChI is InChI=1S/C12H11F6N/c13-11(14,15)9-3-8(7-1-2-19-6-7)4-10(5-9)12(16,17)18/h3-5,7,19H,1-2,6H2. The van der Waals surface area contributed by atoms with Gasteiger partial charge in [0, 0.05) is 6.54 Å². The Morgan fingerprint density at radius 1 is 0.895 bits per heavy atom. The van der Waals surface area contributed by atoms with Crippen LogP contribution < -0.4 is 5.32 Å². The molecular formula is C12H11F6N. The summed E-state index contributed by atoms with van der Waals surface area (Å²) < 4.78 is 75.8. The van der Waals surface area contributed by atoms with Crippen LogP contribution in [0.5, 0.6) is 0 Å². The Hall–Kier alpha value is -1.24. The third-order valence-electron chi connectivity index (χ3n) is 3.14. The van der Waals surface area contributed by atoms with Gasteiger partial charge >= 0.3 is 12.4 Å². The number of halogens is 6. The molecule has 0 bridgehead atoms. The van der Waals surface area contributed by atoms with Gasteiger partial charge in [-0.05, 0) is 42.6 Å². The third kappa shape index (κ3) is 3.20. The zero-order valence-electron chi connectivity index (χ0n) is 9.70. The largest absolute Gasteiger partial charge is 0.416 e. The lowest BCUT2D eigenvalue weighted by Gasteiger charge is -2.16. The van der Waals surface area contributed by atoms with Gasteiger partial charge in [0.15, 0.2) is 0 Å². The van der Waals surface area contributed by atoms with Crippen molar-refractivity contribution < 1.29 is 26.3 Å². The van der Waals surface area contributed by atoms with Crippen molar-refractivity contribution in [1.82, 2.24) is 5.32 Å². The molecule has 1 heterocycles. The third-order valence-corrected chi connectivity index (χ3v) is 3.14. The van der Waals surface area contributed by atoms with Gasteiger partial charge in [0.05, 0.1) is 11.1 Å². The Morgan fingerprint density at radius 2 is 1.42 bits per heavy atom. The summed E-state index contributed by atoms with van der Waals surface area (Å²) >= 11 is 0. The van der Waals surface area contributed by atoms with Gasteiger partial charge in [0.2, 0.25) is 0 Å². The molecule has 1 N–H and O–H groups in total. The molecule has 0 spiro atoms. The first-order chi connectivity index (χ1) is 8.68. The van der Waals surface area contributed by atoms with Crippen molar-refractivity contribution in [2.24, 2.45) is 0 Å². The molecule has 1 saturated heterocycles. The fraction of sp³-hybridized carbons (Fsp3) is 0.500. The normalized spacial score (nSPS) is 20.8. The van der Waals surface area contributed by atoms with Gasteiger partial charge in [0.1, 0.15) is 0 Å². The van der Waals surface area contributed by atoms with Crippen LogP contribution in [0.15, 0.2) is 18.2 Å². The van der Waals surface area contributed by atoms with Crippen molar-refractivity contribution in [3.8, 4) is 0 Å². The van der Waals surface area contributed by atoms with Gasteiger partial charge in [-0.25, -0.2) is 0 Å². The van der Waals surface area contributed by atoms with Crippen LogP contribution in [0, 0.1) is 0 Å². The molecule has 1 aliphatic rings. The summed E-state index contributed by atoms with van der Waals surface area (Å²) in [7, 11) is 0. The highest BCUT2D eigenvalue weighted by molar-refractivity contribution is 5.36. The minimum Gasteiger partial charge on any atom is -0.316 e. The maximum Gasteiger partial charge on any atom is 0.416 e. The first-order valence-corrected chi connectivity index (χ1v) is 5.68. The zero-order valence-corrected chi connectivity index (χ0v) is 9.70. The number of hydrogen-bond acceptors (Lipinski definition) is 1. The van der Waals surface area contributed by atoms with Gasteiger partial charge in [-0.3, -0.25) is 0 Å². The second-order valence-corrected chi connectivity index (χ2v) is 4.53. The van der Waals surface area contributed by atoms with Crippen LogP contribution in [0.25, 0.3) is 0 Å². The van der Waals surface area contributed by atoms with Crippen LogP contribution in [-0.2, 0) is 12.4 Å². The van der Waals surface area contributed by atoms with Gasteiger partial charge in [-0.2, -0.15) is 26.3 Å². The Kier molecular flexibility index (Phi) is 3.51. The molecule has 0 aliphatic carbocycles. The summed E-state index contributed by atoms with van der Waals surface area (Å²) in [6, 6.07) is 1.78. The molecule has 0 amide bonds. The Balaban J connectivity index is 2.48. The predicted molar refractivity (Wildman–Crippen MR) is 56.7 cm³/mol. The SMILES string of the molecule is FC(F)(F)c1cc(C2CCNC2)cc(C(F)(F)F)c1. The van der Waals surface area contributed by atoms with Crippen LogP contribution in [0.1, 0.15) is 29.0 Å². The van der Waals surface area contributed by atoms with E-state index in [1.807, 2.05) is 0 Å². The van der Waals surface area contributed by atoms with Gasteiger partial charge in [-0.1, -0.05) is 0 Å². The number of rotatable bonds is 1. The first kappa shape index (κ1) is 14.2. The highest BCUT2D eigenvalue weighted by Crippen LogP contribution is 2.38. The molecule has 1 atom stereocenters. The molecule has 0 radical (unpaired) electrons. The molecule has 1 aromatic rings. The Morgan fingerprint density at radius 3 is 1.79 bits per heavy atom. The van der Waals surface area contributed by atoms with E-state index in [0.717, 1.165) is 12.1 Å². The summed E-state index contributed by atoms with van der Waals surface area (Å²) in [6.45, 7) is 1.00. The van der Waals surface area contributed by atoms with E-state index < -0.39 is 23.5 Å². The summed E-state index contributed by atoms with van der Waals surface area (Å²) in [5.41, 5.74) is -2.40. The molecule has 1 unspecified atom stereocenters. The van der Waals surface area contributed by atoms with Gasteiger partial charge in [-0.15, -0.1) is 0 Å². The summed E-state index contributed by atoms with van der Waals surface area (Å²) in [5.74, 6) is -0.302. The van der Waals surface area contributed by atoms with E-state index in [1.165, 1.54) is 0 Å². The van der Waals surface area contributed by atoms with E-state index in [-0.39, 0.29) is 17.5 Å².